The number of carboxylic acids is 1. The molecule has 0 aliphatic carbocycles. The molecule has 82 valence electrons. The molecule has 0 saturated heterocycles. The second-order valence-electron chi connectivity index (χ2n) is 3.02. The molecule has 1 aromatic carbocycles. The summed E-state index contributed by atoms with van der Waals surface area (Å²) in [6.45, 7) is 0. The molecule has 0 spiro atoms. The Kier molecular flexibility index (Phi) is 3.41. The van der Waals surface area contributed by atoms with Crippen LogP contribution in [-0.4, -0.2) is 17.1 Å². The lowest BCUT2D eigenvalue weighted by atomic mass is 10.0. The fourth-order valence-corrected chi connectivity index (χ4v) is 1.45. The van der Waals surface area contributed by atoms with Crippen LogP contribution < -0.4 is 5.73 Å². The molecule has 1 rings (SSSR count). The summed E-state index contributed by atoms with van der Waals surface area (Å²) in [6.07, 6.45) is 0. The van der Waals surface area contributed by atoms with Crippen LogP contribution in [0.3, 0.4) is 0 Å². The van der Waals surface area contributed by atoms with E-state index in [-0.39, 0.29) is 5.56 Å². The summed E-state index contributed by atoms with van der Waals surface area (Å²) in [5, 5.41) is 8.49. The SMILES string of the molecule is [NH3+]C(C(=O)O)C(F)(F)c1cccc(Br)c1. The molecule has 1 aromatic rings. The molecule has 1 atom stereocenters. The number of rotatable bonds is 3. The molecule has 0 fully saturated rings. The summed E-state index contributed by atoms with van der Waals surface area (Å²) >= 11 is 3.04. The zero-order valence-corrected chi connectivity index (χ0v) is 9.17. The molecule has 0 bridgehead atoms. The normalized spacial score (nSPS) is 13.6. The molecule has 0 aliphatic heterocycles. The van der Waals surface area contributed by atoms with Crippen molar-refractivity contribution in [3.8, 4) is 0 Å². The van der Waals surface area contributed by atoms with Gasteiger partial charge in [0.1, 0.15) is 0 Å². The highest BCUT2D eigenvalue weighted by molar-refractivity contribution is 9.10. The first-order valence-corrected chi connectivity index (χ1v) is 4.84. The topological polar surface area (TPSA) is 64.9 Å². The van der Waals surface area contributed by atoms with Gasteiger partial charge in [-0.05, 0) is 12.1 Å². The minimum Gasteiger partial charge on any atom is -0.477 e. The van der Waals surface area contributed by atoms with Crippen molar-refractivity contribution in [2.75, 3.05) is 0 Å². The van der Waals surface area contributed by atoms with Crippen molar-refractivity contribution in [1.82, 2.24) is 0 Å². The van der Waals surface area contributed by atoms with E-state index in [9.17, 15) is 13.6 Å². The minimum atomic E-state index is -3.48. The Bertz CT molecular complexity index is 384. The van der Waals surface area contributed by atoms with Crippen LogP contribution in [0.25, 0.3) is 0 Å². The lowest BCUT2D eigenvalue weighted by Gasteiger charge is -2.17. The van der Waals surface area contributed by atoms with Crippen molar-refractivity contribution in [3.05, 3.63) is 34.3 Å². The van der Waals surface area contributed by atoms with E-state index in [4.69, 9.17) is 5.11 Å². The van der Waals surface area contributed by atoms with Gasteiger partial charge in [-0.2, -0.15) is 8.78 Å². The molecule has 4 N–H and O–H groups in total. The molecule has 0 saturated carbocycles. The van der Waals surface area contributed by atoms with Gasteiger partial charge in [0, 0.05) is 10.0 Å². The van der Waals surface area contributed by atoms with Crippen molar-refractivity contribution in [2.45, 2.75) is 12.0 Å². The maximum absolute atomic E-state index is 13.5. The first-order valence-electron chi connectivity index (χ1n) is 4.05. The molecular formula is C9H9BrF2NO2+. The molecule has 0 radical (unpaired) electrons. The van der Waals surface area contributed by atoms with Crippen LogP contribution in [-0.2, 0) is 10.7 Å². The van der Waals surface area contributed by atoms with Crippen molar-refractivity contribution in [2.24, 2.45) is 0 Å². The van der Waals surface area contributed by atoms with Crippen molar-refractivity contribution < 1.29 is 24.4 Å². The van der Waals surface area contributed by atoms with Gasteiger partial charge in [0.05, 0.1) is 0 Å². The average molecular weight is 281 g/mol. The second-order valence-corrected chi connectivity index (χ2v) is 3.94. The van der Waals surface area contributed by atoms with Crippen LogP contribution in [0.4, 0.5) is 8.78 Å². The lowest BCUT2D eigenvalue weighted by molar-refractivity contribution is -0.451. The number of quaternary nitrogens is 1. The molecule has 0 aliphatic rings. The molecule has 0 aromatic heterocycles. The number of benzene rings is 1. The smallest absolute Gasteiger partial charge is 0.369 e. The molecule has 0 amide bonds. The number of carbonyl (C=O) groups is 1. The molecule has 15 heavy (non-hydrogen) atoms. The van der Waals surface area contributed by atoms with E-state index in [0.717, 1.165) is 0 Å². The zero-order chi connectivity index (χ0) is 11.6. The van der Waals surface area contributed by atoms with Crippen molar-refractivity contribution in [1.29, 1.82) is 0 Å². The summed E-state index contributed by atoms with van der Waals surface area (Å²) in [4.78, 5) is 10.4. The van der Waals surface area contributed by atoms with Crippen LogP contribution in [0, 0.1) is 0 Å². The Morgan fingerprint density at radius 1 is 1.53 bits per heavy atom. The van der Waals surface area contributed by atoms with Gasteiger partial charge in [0.15, 0.2) is 0 Å². The number of halogens is 3. The van der Waals surface area contributed by atoms with Crippen LogP contribution in [0.5, 0.6) is 0 Å². The summed E-state index contributed by atoms with van der Waals surface area (Å²) in [5.41, 5.74) is 2.59. The van der Waals surface area contributed by atoms with E-state index in [1.54, 1.807) is 6.07 Å². The Labute approximate surface area is 93.0 Å². The Morgan fingerprint density at radius 3 is 2.60 bits per heavy atom. The third-order valence-corrected chi connectivity index (χ3v) is 2.44. The van der Waals surface area contributed by atoms with Crippen molar-refractivity contribution >= 4 is 21.9 Å². The minimum absolute atomic E-state index is 0.362. The summed E-state index contributed by atoms with van der Waals surface area (Å²) in [7, 11) is 0. The first-order chi connectivity index (χ1) is 6.85. The predicted octanol–water partition coefficient (Wildman–Crippen LogP) is 1.24. The Morgan fingerprint density at radius 2 is 2.13 bits per heavy atom. The number of carboxylic acid groups (broad SMARTS) is 1. The van der Waals surface area contributed by atoms with Gasteiger partial charge in [-0.25, -0.2) is 4.79 Å². The van der Waals surface area contributed by atoms with E-state index >= 15 is 0 Å². The number of hydrogen-bond donors (Lipinski definition) is 2. The van der Waals surface area contributed by atoms with E-state index in [1.807, 2.05) is 0 Å². The van der Waals surface area contributed by atoms with Crippen LogP contribution >= 0.6 is 15.9 Å². The highest BCUT2D eigenvalue weighted by atomic mass is 79.9. The number of hydrogen-bond acceptors (Lipinski definition) is 1. The monoisotopic (exact) mass is 280 g/mol. The maximum atomic E-state index is 13.5. The molecule has 0 heterocycles. The number of alkyl halides is 2. The predicted molar refractivity (Wildman–Crippen MR) is 52.3 cm³/mol. The van der Waals surface area contributed by atoms with Gasteiger partial charge >= 0.3 is 11.9 Å². The third kappa shape index (κ3) is 2.51. The Balaban J connectivity index is 3.10. The van der Waals surface area contributed by atoms with E-state index in [2.05, 4.69) is 21.7 Å². The van der Waals surface area contributed by atoms with Gasteiger partial charge < -0.3 is 10.8 Å². The molecule has 1 unspecified atom stereocenters. The fraction of sp³-hybridized carbons (Fsp3) is 0.222. The zero-order valence-electron chi connectivity index (χ0n) is 7.58. The van der Waals surface area contributed by atoms with Gasteiger partial charge in [-0.3, -0.25) is 0 Å². The highest BCUT2D eigenvalue weighted by Crippen LogP contribution is 2.31. The highest BCUT2D eigenvalue weighted by Gasteiger charge is 2.47. The quantitative estimate of drug-likeness (QED) is 0.875. The first kappa shape index (κ1) is 12.1. The van der Waals surface area contributed by atoms with Crippen LogP contribution in [0.15, 0.2) is 28.7 Å². The summed E-state index contributed by atoms with van der Waals surface area (Å²) in [5.74, 6) is -5.10. The fourth-order valence-electron chi connectivity index (χ4n) is 1.05. The summed E-state index contributed by atoms with van der Waals surface area (Å²) in [6, 6.07) is 3.36. The number of aliphatic carboxylic acids is 1. The maximum Gasteiger partial charge on any atom is 0.369 e. The van der Waals surface area contributed by atoms with Crippen LogP contribution in [0.1, 0.15) is 5.56 Å². The van der Waals surface area contributed by atoms with Crippen molar-refractivity contribution in [3.63, 3.8) is 0 Å². The van der Waals surface area contributed by atoms with Crippen LogP contribution in [0.2, 0.25) is 0 Å². The van der Waals surface area contributed by atoms with Gasteiger partial charge in [-0.15, -0.1) is 0 Å². The average Bonchev–Trinajstić information content (AvgIpc) is 2.16. The second kappa shape index (κ2) is 4.24. The molecule has 3 nitrogen and oxygen atoms in total. The Hall–Kier alpha value is -1.01. The third-order valence-electron chi connectivity index (χ3n) is 1.95. The van der Waals surface area contributed by atoms with Gasteiger partial charge in [0.25, 0.3) is 6.04 Å². The van der Waals surface area contributed by atoms with Gasteiger partial charge in [0.2, 0.25) is 0 Å². The molecule has 6 heteroatoms. The largest absolute Gasteiger partial charge is 0.477 e. The van der Waals surface area contributed by atoms with E-state index in [1.165, 1.54) is 18.2 Å². The standard InChI is InChI=1S/C9H8BrF2NO2/c10-6-3-1-2-5(4-6)9(11,12)7(13)8(14)15/h1-4,7H,13H2,(H,14,15)/p+1. The summed E-state index contributed by atoms with van der Waals surface area (Å²) < 4.78 is 27.5. The molecular weight excluding hydrogens is 272 g/mol. The van der Waals surface area contributed by atoms with E-state index in [0.29, 0.717) is 4.47 Å². The lowest BCUT2D eigenvalue weighted by Crippen LogP contribution is -2.71. The van der Waals surface area contributed by atoms with E-state index < -0.39 is 17.9 Å². The van der Waals surface area contributed by atoms with Gasteiger partial charge in [-0.1, -0.05) is 28.1 Å².